The monoisotopic (exact) mass is 630 g/mol. The highest BCUT2D eigenvalue weighted by atomic mass is 35.5. The van der Waals surface area contributed by atoms with Crippen molar-refractivity contribution < 1.29 is 42.9 Å². The molecule has 1 aliphatic carbocycles. The highest BCUT2D eigenvalue weighted by Crippen LogP contribution is 2.41. The van der Waals surface area contributed by atoms with Gasteiger partial charge < -0.3 is 28.3 Å². The molecule has 2 aliphatic rings. The summed E-state index contributed by atoms with van der Waals surface area (Å²) in [7, 11) is 0. The summed E-state index contributed by atoms with van der Waals surface area (Å²) in [4.78, 5) is 48.6. The van der Waals surface area contributed by atoms with Crippen LogP contribution in [0.2, 0.25) is 5.02 Å². The van der Waals surface area contributed by atoms with E-state index in [2.05, 4.69) is 6.07 Å². The largest absolute Gasteiger partial charge is 0.463 e. The maximum atomic E-state index is 12.4. The lowest BCUT2D eigenvalue weighted by Gasteiger charge is -2.46. The molecule has 13 heteroatoms. The first kappa shape index (κ1) is 32.1. The van der Waals surface area contributed by atoms with Crippen molar-refractivity contribution in [3.8, 4) is 17.2 Å². The van der Waals surface area contributed by atoms with Crippen LogP contribution in [0.4, 0.5) is 0 Å². The molecule has 1 aromatic heterocycles. The average Bonchev–Trinajstić information content (AvgIpc) is 2.94. The number of carbonyl (C=O) groups excluding carboxylic acids is 4. The first-order chi connectivity index (χ1) is 20.4. The Morgan fingerprint density at radius 2 is 1.51 bits per heavy atom. The van der Waals surface area contributed by atoms with Crippen LogP contribution in [0.25, 0.3) is 11.1 Å². The molecule has 0 N–H and O–H groups in total. The van der Waals surface area contributed by atoms with Crippen LogP contribution < -0.4 is 0 Å². The molecule has 4 rings (SSSR count). The van der Waals surface area contributed by atoms with E-state index in [4.69, 9.17) is 47.5 Å². The van der Waals surface area contributed by atoms with E-state index < -0.39 is 54.5 Å². The lowest BCUT2D eigenvalue weighted by atomic mass is 9.86. The van der Waals surface area contributed by atoms with Crippen molar-refractivity contribution in [2.45, 2.75) is 84.0 Å². The second kappa shape index (κ2) is 13.7. The van der Waals surface area contributed by atoms with Gasteiger partial charge in [0, 0.05) is 44.0 Å². The SMILES string of the molecule is CC(=O)OCC1OC(n2c3c(c(-c4ccc(Cl)cc4)c(C#N)c2=S)CCCC3)C(OC(C)=O)C(OC(C)=O)C1OC(C)=O. The molecule has 1 aromatic carbocycles. The summed E-state index contributed by atoms with van der Waals surface area (Å²) in [6.07, 6.45) is -3.59. The normalized spacial score (nSPS) is 22.8. The zero-order valence-corrected chi connectivity index (χ0v) is 25.7. The Bertz CT molecular complexity index is 1530. The molecule has 5 unspecified atom stereocenters. The van der Waals surface area contributed by atoms with Crippen molar-refractivity contribution in [2.24, 2.45) is 0 Å². The van der Waals surface area contributed by atoms with Crippen LogP contribution in [-0.4, -0.2) is 59.5 Å². The molecule has 0 amide bonds. The number of benzene rings is 1. The third-order valence-corrected chi connectivity index (χ3v) is 7.83. The van der Waals surface area contributed by atoms with E-state index in [0.29, 0.717) is 23.4 Å². The molecule has 43 heavy (non-hydrogen) atoms. The number of carbonyl (C=O) groups is 4. The van der Waals surface area contributed by atoms with Crippen LogP contribution in [0.15, 0.2) is 24.3 Å². The van der Waals surface area contributed by atoms with Crippen molar-refractivity contribution in [1.82, 2.24) is 4.57 Å². The number of aromatic nitrogens is 1. The summed E-state index contributed by atoms with van der Waals surface area (Å²) >= 11 is 12.1. The van der Waals surface area contributed by atoms with E-state index in [9.17, 15) is 24.4 Å². The third-order valence-electron chi connectivity index (χ3n) is 7.18. The van der Waals surface area contributed by atoms with Gasteiger partial charge in [0.2, 0.25) is 0 Å². The topological polar surface area (TPSA) is 143 Å². The Morgan fingerprint density at radius 1 is 0.930 bits per heavy atom. The number of rotatable bonds is 7. The van der Waals surface area contributed by atoms with Gasteiger partial charge >= 0.3 is 23.9 Å². The fourth-order valence-electron chi connectivity index (χ4n) is 5.65. The van der Waals surface area contributed by atoms with Gasteiger partial charge in [-0.05, 0) is 48.9 Å². The quantitative estimate of drug-likeness (QED) is 0.241. The second-order valence-corrected chi connectivity index (χ2v) is 11.1. The smallest absolute Gasteiger partial charge is 0.303 e. The summed E-state index contributed by atoms with van der Waals surface area (Å²) in [6, 6.07) is 9.35. The Kier molecular flexibility index (Phi) is 10.2. The maximum Gasteiger partial charge on any atom is 0.303 e. The van der Waals surface area contributed by atoms with Gasteiger partial charge in [-0.25, -0.2) is 0 Å². The van der Waals surface area contributed by atoms with Crippen LogP contribution in [0.1, 0.15) is 63.6 Å². The second-order valence-electron chi connectivity index (χ2n) is 10.3. The number of esters is 4. The van der Waals surface area contributed by atoms with Crippen LogP contribution in [0.5, 0.6) is 0 Å². The van der Waals surface area contributed by atoms with E-state index in [0.717, 1.165) is 43.5 Å². The van der Waals surface area contributed by atoms with Crippen molar-refractivity contribution in [2.75, 3.05) is 6.61 Å². The molecule has 2 aromatic rings. The minimum Gasteiger partial charge on any atom is -0.463 e. The van der Waals surface area contributed by atoms with Crippen LogP contribution in [-0.2, 0) is 55.7 Å². The summed E-state index contributed by atoms with van der Waals surface area (Å²) in [5.41, 5.74) is 3.26. The van der Waals surface area contributed by atoms with Crippen LogP contribution >= 0.6 is 23.8 Å². The zero-order valence-electron chi connectivity index (χ0n) is 24.1. The minimum absolute atomic E-state index is 0.106. The predicted octanol–water partition coefficient (Wildman–Crippen LogP) is 4.54. The van der Waals surface area contributed by atoms with Gasteiger partial charge in [0.1, 0.15) is 23.4 Å². The third kappa shape index (κ3) is 7.06. The number of nitriles is 1. The molecule has 1 aliphatic heterocycles. The van der Waals surface area contributed by atoms with Crippen molar-refractivity contribution >= 4 is 47.7 Å². The first-order valence-corrected chi connectivity index (χ1v) is 14.5. The average molecular weight is 631 g/mol. The molecular weight excluding hydrogens is 600 g/mol. The number of halogens is 1. The fraction of sp³-hybridized carbons (Fsp3) is 0.467. The molecule has 0 bridgehead atoms. The molecule has 0 spiro atoms. The minimum atomic E-state index is -1.37. The van der Waals surface area contributed by atoms with Crippen LogP contribution in [0.3, 0.4) is 0 Å². The number of nitrogens with zero attached hydrogens (tertiary/aromatic N) is 2. The summed E-state index contributed by atoms with van der Waals surface area (Å²) in [5, 5.41) is 10.9. The van der Waals surface area contributed by atoms with Gasteiger partial charge in [0.15, 0.2) is 24.5 Å². The van der Waals surface area contributed by atoms with Gasteiger partial charge in [-0.3, -0.25) is 19.2 Å². The summed E-state index contributed by atoms with van der Waals surface area (Å²) < 4.78 is 30.2. The van der Waals surface area contributed by atoms with Crippen molar-refractivity contribution in [3.05, 3.63) is 50.7 Å². The molecule has 5 atom stereocenters. The molecule has 1 saturated heterocycles. The molecule has 228 valence electrons. The molecule has 1 fully saturated rings. The molecule has 0 saturated carbocycles. The standard InChI is InChI=1S/C30H31ClN2O9S/c1-15(34)38-14-24-26(39-16(2)35)27(40-17(3)36)28(41-18(4)37)29(42-24)33-23-8-6-5-7-21(23)25(22(13-32)30(33)43)19-9-11-20(31)12-10-19/h9-12,24,26-29H,5-8,14H2,1-4H3. The summed E-state index contributed by atoms with van der Waals surface area (Å²) in [6.45, 7) is 4.31. The molecule has 0 radical (unpaired) electrons. The number of hydrogen-bond donors (Lipinski definition) is 0. The molecular formula is C30H31ClN2O9S. The Morgan fingerprint density at radius 3 is 2.09 bits per heavy atom. The van der Waals surface area contributed by atoms with Crippen molar-refractivity contribution in [1.29, 1.82) is 5.26 Å². The van der Waals surface area contributed by atoms with Crippen LogP contribution in [0, 0.1) is 16.0 Å². The summed E-state index contributed by atoms with van der Waals surface area (Å²) in [5.74, 6) is -2.82. The zero-order chi connectivity index (χ0) is 31.4. The predicted molar refractivity (Wildman–Crippen MR) is 154 cm³/mol. The molecule has 2 heterocycles. The van der Waals surface area contributed by atoms with Gasteiger partial charge in [-0.1, -0.05) is 36.0 Å². The van der Waals surface area contributed by atoms with Gasteiger partial charge in [-0.2, -0.15) is 5.26 Å². The van der Waals surface area contributed by atoms with Gasteiger partial charge in [-0.15, -0.1) is 0 Å². The fourth-order valence-corrected chi connectivity index (χ4v) is 6.13. The van der Waals surface area contributed by atoms with Gasteiger partial charge in [0.05, 0.1) is 5.56 Å². The van der Waals surface area contributed by atoms with Crippen molar-refractivity contribution in [3.63, 3.8) is 0 Å². The lowest BCUT2D eigenvalue weighted by molar-refractivity contribution is -0.269. The highest BCUT2D eigenvalue weighted by Gasteiger charge is 2.53. The highest BCUT2D eigenvalue weighted by molar-refractivity contribution is 7.71. The van der Waals surface area contributed by atoms with E-state index in [-0.39, 0.29) is 16.8 Å². The Balaban J connectivity index is 1.99. The first-order valence-electron chi connectivity index (χ1n) is 13.7. The Hall–Kier alpha value is -3.79. The number of hydrogen-bond acceptors (Lipinski definition) is 11. The van der Waals surface area contributed by atoms with E-state index in [1.54, 1.807) is 16.7 Å². The Labute approximate surface area is 258 Å². The van der Waals surface area contributed by atoms with E-state index in [1.165, 1.54) is 13.8 Å². The van der Waals surface area contributed by atoms with E-state index >= 15 is 0 Å². The van der Waals surface area contributed by atoms with Gasteiger partial charge in [0.25, 0.3) is 0 Å². The molecule has 11 nitrogen and oxygen atoms in total. The van der Waals surface area contributed by atoms with E-state index in [1.807, 2.05) is 12.1 Å². The number of fused-ring (bicyclic) bond motifs is 1. The number of pyridine rings is 1. The maximum absolute atomic E-state index is 12.4. The lowest BCUT2D eigenvalue weighted by Crippen LogP contribution is -2.61. The number of ether oxygens (including phenoxy) is 5.